The summed E-state index contributed by atoms with van der Waals surface area (Å²) in [4.78, 5) is 25.0. The van der Waals surface area contributed by atoms with Gasteiger partial charge >= 0.3 is 0 Å². The molecule has 1 aliphatic rings. The van der Waals surface area contributed by atoms with E-state index in [9.17, 15) is 23.3 Å². The van der Waals surface area contributed by atoms with Crippen molar-refractivity contribution >= 4 is 33.2 Å². The highest BCUT2D eigenvalue weighted by atomic mass is 32.2. The van der Waals surface area contributed by atoms with E-state index < -0.39 is 14.8 Å². The fraction of sp³-hybridized carbons (Fsp3) is 0.611. The van der Waals surface area contributed by atoms with Crippen molar-refractivity contribution in [2.24, 2.45) is 5.92 Å². The lowest BCUT2D eigenvalue weighted by Crippen LogP contribution is -2.44. The summed E-state index contributed by atoms with van der Waals surface area (Å²) in [5.74, 6) is 0.560. The van der Waals surface area contributed by atoms with Crippen LogP contribution in [0, 0.1) is 16.0 Å². The lowest BCUT2D eigenvalue weighted by molar-refractivity contribution is -0.384. The Labute approximate surface area is 164 Å². The summed E-state index contributed by atoms with van der Waals surface area (Å²) in [6.45, 7) is 6.44. The van der Waals surface area contributed by atoms with Gasteiger partial charge < -0.3 is 4.90 Å². The van der Waals surface area contributed by atoms with Crippen LogP contribution < -0.4 is 0 Å². The van der Waals surface area contributed by atoms with Crippen molar-refractivity contribution in [3.05, 3.63) is 39.9 Å². The zero-order chi connectivity index (χ0) is 20.2. The fourth-order valence-corrected chi connectivity index (χ4v) is 5.76. The van der Waals surface area contributed by atoms with Crippen LogP contribution in [0.2, 0.25) is 0 Å². The Bertz CT molecular complexity index is 795. The Hall–Kier alpha value is -1.61. The first-order valence-electron chi connectivity index (χ1n) is 8.95. The van der Waals surface area contributed by atoms with Crippen LogP contribution in [-0.2, 0) is 14.6 Å². The molecule has 1 heterocycles. The lowest BCUT2D eigenvalue weighted by atomic mass is 10.1. The van der Waals surface area contributed by atoms with E-state index in [0.29, 0.717) is 13.0 Å². The number of carbonyl (C=O) groups excluding carboxylic acids is 1. The van der Waals surface area contributed by atoms with Gasteiger partial charge in [0, 0.05) is 30.0 Å². The van der Waals surface area contributed by atoms with Gasteiger partial charge in [0.25, 0.3) is 5.69 Å². The van der Waals surface area contributed by atoms with Gasteiger partial charge in [0.05, 0.1) is 22.2 Å². The van der Waals surface area contributed by atoms with Crippen LogP contribution in [-0.4, -0.2) is 54.0 Å². The van der Waals surface area contributed by atoms with Crippen molar-refractivity contribution in [3.8, 4) is 0 Å². The Balaban J connectivity index is 2.02. The normalized spacial score (nSPS) is 19.8. The molecule has 150 valence electrons. The van der Waals surface area contributed by atoms with E-state index in [1.165, 1.54) is 23.9 Å². The molecule has 1 saturated heterocycles. The van der Waals surface area contributed by atoms with Crippen LogP contribution in [0.1, 0.15) is 38.0 Å². The zero-order valence-electron chi connectivity index (χ0n) is 15.8. The molecule has 1 aliphatic heterocycles. The average molecular weight is 415 g/mol. The molecule has 0 aromatic heterocycles. The number of carbonyl (C=O) groups is 1. The van der Waals surface area contributed by atoms with Crippen LogP contribution in [0.15, 0.2) is 24.3 Å². The number of nitro groups is 1. The Morgan fingerprint density at radius 3 is 2.63 bits per heavy atom. The largest absolute Gasteiger partial charge is 0.338 e. The van der Waals surface area contributed by atoms with Gasteiger partial charge in [-0.15, -0.1) is 11.8 Å². The molecule has 7 nitrogen and oxygen atoms in total. The van der Waals surface area contributed by atoms with Gasteiger partial charge in [0.2, 0.25) is 5.91 Å². The van der Waals surface area contributed by atoms with Crippen LogP contribution in [0.3, 0.4) is 0 Å². The van der Waals surface area contributed by atoms with Gasteiger partial charge in [-0.3, -0.25) is 14.9 Å². The van der Waals surface area contributed by atoms with Crippen LogP contribution in [0.25, 0.3) is 0 Å². The molecule has 0 saturated carbocycles. The van der Waals surface area contributed by atoms with Crippen LogP contribution >= 0.6 is 11.8 Å². The summed E-state index contributed by atoms with van der Waals surface area (Å²) in [5, 5.41) is 10.8. The molecule has 27 heavy (non-hydrogen) atoms. The third-order valence-electron chi connectivity index (χ3n) is 4.54. The van der Waals surface area contributed by atoms with Gasteiger partial charge in [-0.1, -0.05) is 26.0 Å². The molecule has 0 N–H and O–H groups in total. The number of non-ortho nitro benzene ring substituents is 1. The Kier molecular flexibility index (Phi) is 7.27. The predicted octanol–water partition coefficient (Wildman–Crippen LogP) is 3.06. The van der Waals surface area contributed by atoms with Gasteiger partial charge in [0.15, 0.2) is 9.84 Å². The summed E-state index contributed by atoms with van der Waals surface area (Å²) in [6, 6.07) is 6.17. The molecule has 2 rings (SSSR count). The van der Waals surface area contributed by atoms with Crippen molar-refractivity contribution in [1.82, 2.24) is 4.90 Å². The number of sulfone groups is 1. The summed E-state index contributed by atoms with van der Waals surface area (Å²) in [7, 11) is -3.06. The summed E-state index contributed by atoms with van der Waals surface area (Å²) >= 11 is 1.41. The second-order valence-corrected chi connectivity index (χ2v) is 10.9. The highest BCUT2D eigenvalue weighted by molar-refractivity contribution is 8.00. The van der Waals surface area contributed by atoms with E-state index in [4.69, 9.17) is 0 Å². The number of amides is 1. The minimum Gasteiger partial charge on any atom is -0.338 e. The van der Waals surface area contributed by atoms with Crippen molar-refractivity contribution in [2.45, 2.75) is 38.5 Å². The Morgan fingerprint density at radius 2 is 2.07 bits per heavy atom. The molecule has 1 amide bonds. The molecule has 2 atom stereocenters. The van der Waals surface area contributed by atoms with Gasteiger partial charge in [-0.05, 0) is 24.8 Å². The topological polar surface area (TPSA) is 97.6 Å². The fourth-order valence-electron chi connectivity index (χ4n) is 3.14. The summed E-state index contributed by atoms with van der Waals surface area (Å²) in [5.41, 5.74) is 0.824. The van der Waals surface area contributed by atoms with E-state index in [0.717, 1.165) is 5.56 Å². The predicted molar refractivity (Wildman–Crippen MR) is 108 cm³/mol. The van der Waals surface area contributed by atoms with Crippen LogP contribution in [0.4, 0.5) is 5.69 Å². The molecule has 0 unspecified atom stereocenters. The second-order valence-electron chi connectivity index (χ2n) is 7.30. The lowest BCUT2D eigenvalue weighted by Gasteiger charge is -2.30. The number of thioether (sulfide) groups is 1. The van der Waals surface area contributed by atoms with Crippen molar-refractivity contribution in [2.75, 3.05) is 23.8 Å². The first kappa shape index (κ1) is 21.7. The number of nitrogens with zero attached hydrogens (tertiary/aromatic N) is 2. The molecule has 0 spiro atoms. The molecule has 1 aromatic rings. The zero-order valence-corrected chi connectivity index (χ0v) is 17.5. The maximum atomic E-state index is 12.8. The van der Waals surface area contributed by atoms with Gasteiger partial charge in [0.1, 0.15) is 0 Å². The number of rotatable bonds is 8. The van der Waals surface area contributed by atoms with Crippen molar-refractivity contribution in [3.63, 3.8) is 0 Å². The molecule has 9 heteroatoms. The quantitative estimate of drug-likeness (QED) is 0.479. The molecular weight excluding hydrogens is 388 g/mol. The number of nitro benzene ring substituents is 1. The first-order valence-corrected chi connectivity index (χ1v) is 11.8. The smallest absolute Gasteiger partial charge is 0.269 e. The first-order chi connectivity index (χ1) is 12.6. The van der Waals surface area contributed by atoms with Gasteiger partial charge in [-0.2, -0.15) is 0 Å². The van der Waals surface area contributed by atoms with E-state index in [1.54, 1.807) is 11.0 Å². The third kappa shape index (κ3) is 6.21. The van der Waals surface area contributed by atoms with E-state index in [-0.39, 0.29) is 46.1 Å². The van der Waals surface area contributed by atoms with Crippen molar-refractivity contribution in [1.29, 1.82) is 0 Å². The van der Waals surface area contributed by atoms with E-state index in [2.05, 4.69) is 0 Å². The van der Waals surface area contributed by atoms with Crippen LogP contribution in [0.5, 0.6) is 0 Å². The highest BCUT2D eigenvalue weighted by Gasteiger charge is 2.34. The van der Waals surface area contributed by atoms with E-state index in [1.807, 2.05) is 26.8 Å². The average Bonchev–Trinajstić information content (AvgIpc) is 2.96. The maximum absolute atomic E-state index is 12.8. The SMILES string of the molecule is CC(C)CN(C(=O)CS[C@@H](C)c1cccc([N+](=O)[O-])c1)[C@@H]1CCS(=O)(=O)C1. The highest BCUT2D eigenvalue weighted by Crippen LogP contribution is 2.31. The number of hydrogen-bond donors (Lipinski definition) is 0. The summed E-state index contributed by atoms with van der Waals surface area (Å²) in [6.07, 6.45) is 0.492. The Morgan fingerprint density at radius 1 is 1.37 bits per heavy atom. The third-order valence-corrected chi connectivity index (χ3v) is 7.47. The minimum atomic E-state index is -3.06. The number of benzene rings is 1. The summed E-state index contributed by atoms with van der Waals surface area (Å²) < 4.78 is 23.6. The second kappa shape index (κ2) is 9.05. The monoisotopic (exact) mass is 414 g/mol. The number of hydrogen-bond acceptors (Lipinski definition) is 6. The molecule has 1 fully saturated rings. The molecule has 0 radical (unpaired) electrons. The molecular formula is C18H26N2O5S2. The molecule has 0 bridgehead atoms. The standard InChI is InChI=1S/C18H26N2O5S2/c1-13(2)10-19(17-7-8-27(24,25)12-17)18(21)11-26-14(3)15-5-4-6-16(9-15)20(22)23/h4-6,9,13-14,17H,7-8,10-12H2,1-3H3/t14-,17+/m0/s1. The van der Waals surface area contributed by atoms with Crippen molar-refractivity contribution < 1.29 is 18.1 Å². The van der Waals surface area contributed by atoms with E-state index >= 15 is 0 Å². The minimum absolute atomic E-state index is 0.0314. The molecule has 0 aliphatic carbocycles. The maximum Gasteiger partial charge on any atom is 0.269 e. The molecule has 1 aromatic carbocycles. The van der Waals surface area contributed by atoms with Gasteiger partial charge in [-0.25, -0.2) is 8.42 Å².